The highest BCUT2D eigenvalue weighted by Crippen LogP contribution is 2.16. The quantitative estimate of drug-likeness (QED) is 0.305. The number of piperidine rings is 1. The van der Waals surface area contributed by atoms with E-state index in [0.29, 0.717) is 18.2 Å². The Hall–Kier alpha value is -1.13. The second-order valence-corrected chi connectivity index (χ2v) is 6.99. The average molecular weight is 508 g/mol. The highest BCUT2D eigenvalue weighted by molar-refractivity contribution is 14.0. The van der Waals surface area contributed by atoms with Gasteiger partial charge in [0.2, 0.25) is 0 Å². The monoisotopic (exact) mass is 508 g/mol. The van der Waals surface area contributed by atoms with Crippen molar-refractivity contribution in [3.8, 4) is 5.75 Å². The molecule has 1 aliphatic rings. The molecule has 1 heterocycles. The van der Waals surface area contributed by atoms with Crippen molar-refractivity contribution in [2.75, 3.05) is 53.5 Å². The molecular weight excluding hydrogens is 474 g/mol. The molecule has 1 atom stereocenters. The molecule has 160 valence electrons. The molecule has 0 radical (unpaired) electrons. The molecule has 1 unspecified atom stereocenters. The van der Waals surface area contributed by atoms with E-state index in [-0.39, 0.29) is 35.9 Å². The lowest BCUT2D eigenvalue weighted by Gasteiger charge is -2.32. The number of aliphatic imine (C=N–C) groups is 1. The van der Waals surface area contributed by atoms with Crippen LogP contribution in [0.2, 0.25) is 0 Å². The van der Waals surface area contributed by atoms with E-state index in [9.17, 15) is 4.39 Å². The second-order valence-electron chi connectivity index (χ2n) is 6.99. The summed E-state index contributed by atoms with van der Waals surface area (Å²) in [6.45, 7) is 7.59. The van der Waals surface area contributed by atoms with Gasteiger partial charge in [-0.05, 0) is 63.0 Å². The molecular formula is C20H34FIN4O2. The lowest BCUT2D eigenvalue weighted by molar-refractivity contribution is 0.121. The first-order valence-electron chi connectivity index (χ1n) is 9.68. The number of rotatable bonds is 9. The molecule has 0 bridgehead atoms. The summed E-state index contributed by atoms with van der Waals surface area (Å²) in [4.78, 5) is 6.74. The van der Waals surface area contributed by atoms with E-state index in [4.69, 9.17) is 9.47 Å². The van der Waals surface area contributed by atoms with Crippen LogP contribution in [0.5, 0.6) is 5.75 Å². The minimum Gasteiger partial charge on any atom is -0.489 e. The van der Waals surface area contributed by atoms with E-state index in [1.165, 1.54) is 25.0 Å². The Morgan fingerprint density at radius 3 is 2.54 bits per heavy atom. The summed E-state index contributed by atoms with van der Waals surface area (Å²) < 4.78 is 23.9. The number of likely N-dealkylation sites (tertiary alicyclic amines) is 1. The van der Waals surface area contributed by atoms with Crippen molar-refractivity contribution in [3.63, 3.8) is 0 Å². The van der Waals surface area contributed by atoms with Crippen molar-refractivity contribution in [3.05, 3.63) is 30.1 Å². The maximum Gasteiger partial charge on any atom is 0.191 e. The highest BCUT2D eigenvalue weighted by Gasteiger charge is 2.19. The first-order valence-corrected chi connectivity index (χ1v) is 9.68. The zero-order valence-electron chi connectivity index (χ0n) is 17.1. The molecule has 0 saturated carbocycles. The second kappa shape index (κ2) is 13.9. The molecule has 1 saturated heterocycles. The Morgan fingerprint density at radius 1 is 1.25 bits per heavy atom. The summed E-state index contributed by atoms with van der Waals surface area (Å²) >= 11 is 0. The largest absolute Gasteiger partial charge is 0.489 e. The maximum atomic E-state index is 12.9. The normalized spacial score (nSPS) is 16.9. The number of methoxy groups -OCH3 is 1. The third-order valence-corrected chi connectivity index (χ3v) is 4.81. The Balaban J connectivity index is 0.00000392. The summed E-state index contributed by atoms with van der Waals surface area (Å²) in [6.07, 6.45) is 2.33. The molecule has 0 spiro atoms. The van der Waals surface area contributed by atoms with Gasteiger partial charge in [-0.25, -0.2) is 4.39 Å². The van der Waals surface area contributed by atoms with Crippen molar-refractivity contribution >= 4 is 29.9 Å². The molecule has 0 aromatic heterocycles. The third-order valence-electron chi connectivity index (χ3n) is 4.81. The van der Waals surface area contributed by atoms with Crippen molar-refractivity contribution in [2.45, 2.75) is 25.9 Å². The summed E-state index contributed by atoms with van der Waals surface area (Å²) in [5.74, 6) is 1.85. The first-order chi connectivity index (χ1) is 13.1. The highest BCUT2D eigenvalue weighted by atomic mass is 127. The summed E-state index contributed by atoms with van der Waals surface area (Å²) in [5.41, 5.74) is 0. The van der Waals surface area contributed by atoms with Crippen LogP contribution >= 0.6 is 24.0 Å². The van der Waals surface area contributed by atoms with E-state index >= 15 is 0 Å². The van der Waals surface area contributed by atoms with Gasteiger partial charge in [-0.1, -0.05) is 0 Å². The Morgan fingerprint density at radius 2 is 1.93 bits per heavy atom. The van der Waals surface area contributed by atoms with Gasteiger partial charge >= 0.3 is 0 Å². The number of benzene rings is 1. The Bertz CT molecular complexity index is 566. The number of halogens is 2. The number of nitrogens with zero attached hydrogens (tertiary/aromatic N) is 2. The molecule has 28 heavy (non-hydrogen) atoms. The lowest BCUT2D eigenvalue weighted by Crippen LogP contribution is -2.45. The predicted molar refractivity (Wildman–Crippen MR) is 122 cm³/mol. The van der Waals surface area contributed by atoms with Crippen LogP contribution in [0.15, 0.2) is 29.3 Å². The van der Waals surface area contributed by atoms with Crippen LogP contribution in [0, 0.1) is 11.7 Å². The molecule has 1 fully saturated rings. The lowest BCUT2D eigenvalue weighted by atomic mass is 9.97. The van der Waals surface area contributed by atoms with Crippen LogP contribution in [0.25, 0.3) is 0 Å². The molecule has 6 nitrogen and oxygen atoms in total. The Labute approximate surface area is 185 Å². The van der Waals surface area contributed by atoms with Crippen LogP contribution in [-0.2, 0) is 4.74 Å². The van der Waals surface area contributed by atoms with Crippen LogP contribution in [-0.4, -0.2) is 70.5 Å². The molecule has 2 N–H and O–H groups in total. The fourth-order valence-electron chi connectivity index (χ4n) is 3.12. The number of hydrogen-bond donors (Lipinski definition) is 2. The van der Waals surface area contributed by atoms with Gasteiger partial charge in [-0.15, -0.1) is 24.0 Å². The van der Waals surface area contributed by atoms with E-state index in [0.717, 1.165) is 38.7 Å². The topological polar surface area (TPSA) is 58.1 Å². The summed E-state index contributed by atoms with van der Waals surface area (Å²) in [7, 11) is 3.52. The van der Waals surface area contributed by atoms with Crippen LogP contribution in [0.4, 0.5) is 4.39 Å². The number of nitrogens with one attached hydrogen (secondary N) is 2. The van der Waals surface area contributed by atoms with Gasteiger partial charge in [-0.2, -0.15) is 0 Å². The SMILES string of the molecule is CN=C(NCC1CCN(CCOC)CC1)NCC(C)Oc1ccc(F)cc1.I. The number of ether oxygens (including phenoxy) is 2. The fourth-order valence-corrected chi connectivity index (χ4v) is 3.12. The molecule has 0 aliphatic carbocycles. The molecule has 8 heteroatoms. The molecule has 2 rings (SSSR count). The van der Waals surface area contributed by atoms with Gasteiger partial charge in [-0.3, -0.25) is 4.99 Å². The zero-order valence-corrected chi connectivity index (χ0v) is 19.4. The fraction of sp³-hybridized carbons (Fsp3) is 0.650. The molecule has 1 aliphatic heterocycles. The minimum absolute atomic E-state index is 0. The van der Waals surface area contributed by atoms with E-state index in [1.54, 1.807) is 26.3 Å². The predicted octanol–water partition coefficient (Wildman–Crippen LogP) is 2.73. The van der Waals surface area contributed by atoms with E-state index < -0.39 is 0 Å². The number of hydrogen-bond acceptors (Lipinski definition) is 4. The van der Waals surface area contributed by atoms with Gasteiger partial charge < -0.3 is 25.0 Å². The van der Waals surface area contributed by atoms with Gasteiger partial charge in [0.05, 0.1) is 13.2 Å². The van der Waals surface area contributed by atoms with Gasteiger partial charge in [0.15, 0.2) is 5.96 Å². The zero-order chi connectivity index (χ0) is 19.5. The molecule has 1 aromatic rings. The van der Waals surface area contributed by atoms with Crippen molar-refractivity contribution in [2.24, 2.45) is 10.9 Å². The van der Waals surface area contributed by atoms with Crippen molar-refractivity contribution < 1.29 is 13.9 Å². The van der Waals surface area contributed by atoms with Gasteiger partial charge in [0.1, 0.15) is 17.7 Å². The first kappa shape index (κ1) is 24.9. The summed E-state index contributed by atoms with van der Waals surface area (Å²) in [5, 5.41) is 6.70. The minimum atomic E-state index is -0.262. The standard InChI is InChI=1S/C20H33FN4O2.HI/c1-16(27-19-6-4-18(21)5-7-19)14-23-20(22-2)24-15-17-8-10-25(11-9-17)12-13-26-3;/h4-7,16-17H,8-15H2,1-3H3,(H2,22,23,24);1H. The molecule has 0 amide bonds. The van der Waals surface area contributed by atoms with E-state index in [2.05, 4.69) is 20.5 Å². The van der Waals surface area contributed by atoms with Crippen molar-refractivity contribution in [1.82, 2.24) is 15.5 Å². The maximum absolute atomic E-state index is 12.9. The van der Waals surface area contributed by atoms with Crippen LogP contribution in [0.3, 0.4) is 0 Å². The number of guanidine groups is 1. The summed E-state index contributed by atoms with van der Waals surface area (Å²) in [6, 6.07) is 6.07. The van der Waals surface area contributed by atoms with Crippen LogP contribution in [0.1, 0.15) is 19.8 Å². The molecule has 1 aromatic carbocycles. The van der Waals surface area contributed by atoms with Gasteiger partial charge in [0.25, 0.3) is 0 Å². The van der Waals surface area contributed by atoms with Crippen LogP contribution < -0.4 is 15.4 Å². The Kier molecular flexibility index (Phi) is 12.4. The average Bonchev–Trinajstić information content (AvgIpc) is 2.69. The van der Waals surface area contributed by atoms with Crippen molar-refractivity contribution in [1.29, 1.82) is 0 Å². The van der Waals surface area contributed by atoms with Gasteiger partial charge in [0, 0.05) is 27.2 Å². The van der Waals surface area contributed by atoms with E-state index in [1.807, 2.05) is 6.92 Å². The smallest absolute Gasteiger partial charge is 0.191 e. The third kappa shape index (κ3) is 9.38.